The lowest BCUT2D eigenvalue weighted by atomic mass is 10.1. The van der Waals surface area contributed by atoms with Crippen molar-refractivity contribution in [2.45, 2.75) is 19.4 Å². The van der Waals surface area contributed by atoms with Gasteiger partial charge in [-0.1, -0.05) is 6.92 Å². The number of aliphatic hydroxyl groups is 1. The number of benzene rings is 2. The number of hydroxylamine groups is 1. The molecule has 2 aromatic rings. The molecule has 0 aromatic heterocycles. The highest BCUT2D eigenvalue weighted by Crippen LogP contribution is 2.25. The Balaban J connectivity index is 2.17. The highest BCUT2D eigenvalue weighted by Gasteiger charge is 2.15. The van der Waals surface area contributed by atoms with Crippen molar-refractivity contribution < 1.29 is 23.5 Å². The van der Waals surface area contributed by atoms with Crippen LogP contribution in [0.25, 0.3) is 0 Å². The van der Waals surface area contributed by atoms with E-state index in [1.165, 1.54) is 18.2 Å². The van der Waals surface area contributed by atoms with Gasteiger partial charge in [0.2, 0.25) is 0 Å². The summed E-state index contributed by atoms with van der Waals surface area (Å²) in [4.78, 5) is 17.1. The Labute approximate surface area is 157 Å². The molecule has 8 heteroatoms. The number of amides is 1. The van der Waals surface area contributed by atoms with E-state index in [2.05, 4.69) is 10.8 Å². The molecule has 3 N–H and O–H groups in total. The van der Waals surface area contributed by atoms with Gasteiger partial charge in [0.1, 0.15) is 18.2 Å². The molecular weight excluding hydrogens is 445 g/mol. The van der Waals surface area contributed by atoms with Gasteiger partial charge < -0.3 is 10.4 Å². The largest absolute Gasteiger partial charge is 0.391 e. The van der Waals surface area contributed by atoms with Gasteiger partial charge in [-0.25, -0.2) is 14.3 Å². The predicted octanol–water partition coefficient (Wildman–Crippen LogP) is 3.75. The van der Waals surface area contributed by atoms with Gasteiger partial charge in [-0.3, -0.25) is 9.63 Å². The van der Waals surface area contributed by atoms with E-state index in [-0.39, 0.29) is 23.5 Å². The first-order valence-corrected chi connectivity index (χ1v) is 8.60. The molecule has 0 aliphatic heterocycles. The topological polar surface area (TPSA) is 70.6 Å². The Morgan fingerprint density at radius 3 is 2.68 bits per heavy atom. The highest BCUT2D eigenvalue weighted by atomic mass is 127. The standard InChI is InChI=1S/C17H17F2IN2O3/c1-2-12(23)9-25-22-17(24)13-5-3-10(18)7-16(13)21-15-6-4-11(20)8-14(15)19/h3-8,12,21,23H,2,9H2,1H3,(H,22,24). The molecule has 0 heterocycles. The molecule has 1 amide bonds. The Hall–Kier alpha value is -1.78. The summed E-state index contributed by atoms with van der Waals surface area (Å²) < 4.78 is 28.2. The number of hydrogen-bond donors (Lipinski definition) is 3. The number of rotatable bonds is 7. The van der Waals surface area contributed by atoms with Crippen LogP contribution in [0.15, 0.2) is 36.4 Å². The third kappa shape index (κ3) is 5.62. The number of nitrogens with one attached hydrogen (secondary N) is 2. The van der Waals surface area contributed by atoms with Crippen molar-refractivity contribution in [1.82, 2.24) is 5.48 Å². The van der Waals surface area contributed by atoms with E-state index in [1.807, 2.05) is 22.6 Å². The van der Waals surface area contributed by atoms with Crippen LogP contribution in [0.4, 0.5) is 20.2 Å². The molecule has 0 saturated carbocycles. The van der Waals surface area contributed by atoms with E-state index in [1.54, 1.807) is 13.0 Å². The van der Waals surface area contributed by atoms with Gasteiger partial charge in [-0.2, -0.15) is 0 Å². The van der Waals surface area contributed by atoms with Crippen LogP contribution in [0, 0.1) is 15.2 Å². The van der Waals surface area contributed by atoms with E-state index < -0.39 is 23.6 Å². The first kappa shape index (κ1) is 19.5. The highest BCUT2D eigenvalue weighted by molar-refractivity contribution is 14.1. The molecule has 25 heavy (non-hydrogen) atoms. The second-order valence-electron chi connectivity index (χ2n) is 5.24. The number of carbonyl (C=O) groups is 1. The second-order valence-corrected chi connectivity index (χ2v) is 6.49. The SMILES string of the molecule is CCC(O)CONC(=O)c1ccc(F)cc1Nc1ccc(I)cc1F. The van der Waals surface area contributed by atoms with Gasteiger partial charge in [0.25, 0.3) is 5.91 Å². The molecule has 2 aromatic carbocycles. The van der Waals surface area contributed by atoms with E-state index in [9.17, 15) is 18.7 Å². The van der Waals surface area contributed by atoms with Crippen molar-refractivity contribution in [2.75, 3.05) is 11.9 Å². The summed E-state index contributed by atoms with van der Waals surface area (Å²) in [6.45, 7) is 1.70. The number of halogens is 3. The monoisotopic (exact) mass is 462 g/mol. The van der Waals surface area contributed by atoms with Crippen molar-refractivity contribution in [3.8, 4) is 0 Å². The van der Waals surface area contributed by atoms with Crippen LogP contribution in [0.1, 0.15) is 23.7 Å². The van der Waals surface area contributed by atoms with Crippen LogP contribution < -0.4 is 10.8 Å². The summed E-state index contributed by atoms with van der Waals surface area (Å²) in [5.74, 6) is -1.74. The normalized spacial score (nSPS) is 11.9. The maximum Gasteiger partial charge on any atom is 0.276 e. The summed E-state index contributed by atoms with van der Waals surface area (Å²) in [5, 5.41) is 12.1. The molecule has 1 unspecified atom stereocenters. The molecule has 134 valence electrons. The van der Waals surface area contributed by atoms with Crippen LogP contribution in [0.3, 0.4) is 0 Å². The van der Waals surface area contributed by atoms with Crippen LogP contribution in [-0.2, 0) is 4.84 Å². The minimum Gasteiger partial charge on any atom is -0.391 e. The molecular formula is C17H17F2IN2O3. The molecule has 0 spiro atoms. The van der Waals surface area contributed by atoms with Gasteiger partial charge in [0, 0.05) is 3.57 Å². The van der Waals surface area contributed by atoms with Crippen LogP contribution in [0.2, 0.25) is 0 Å². The van der Waals surface area contributed by atoms with Gasteiger partial charge in [0.05, 0.1) is 23.0 Å². The lowest BCUT2D eigenvalue weighted by molar-refractivity contribution is -0.0133. The molecule has 0 fully saturated rings. The number of carbonyl (C=O) groups excluding carboxylic acids is 1. The van der Waals surface area contributed by atoms with Crippen molar-refractivity contribution in [3.63, 3.8) is 0 Å². The Bertz CT molecular complexity index is 759. The minimum atomic E-state index is -0.702. The zero-order chi connectivity index (χ0) is 18.4. The molecule has 5 nitrogen and oxygen atoms in total. The van der Waals surface area contributed by atoms with E-state index in [0.29, 0.717) is 9.99 Å². The van der Waals surface area contributed by atoms with Crippen molar-refractivity contribution in [1.29, 1.82) is 0 Å². The van der Waals surface area contributed by atoms with E-state index >= 15 is 0 Å². The maximum absolute atomic E-state index is 14.0. The smallest absolute Gasteiger partial charge is 0.276 e. The molecule has 2 rings (SSSR count). The molecule has 0 aliphatic carbocycles. The lowest BCUT2D eigenvalue weighted by Gasteiger charge is -2.14. The average Bonchev–Trinajstić information content (AvgIpc) is 2.57. The predicted molar refractivity (Wildman–Crippen MR) is 98.5 cm³/mol. The van der Waals surface area contributed by atoms with E-state index in [0.717, 1.165) is 12.1 Å². The minimum absolute atomic E-state index is 0.0715. The Morgan fingerprint density at radius 1 is 1.24 bits per heavy atom. The summed E-state index contributed by atoms with van der Waals surface area (Å²) >= 11 is 1.97. The quantitative estimate of drug-likeness (QED) is 0.433. The fraction of sp³-hybridized carbons (Fsp3) is 0.235. The maximum atomic E-state index is 14.0. The zero-order valence-corrected chi connectivity index (χ0v) is 15.5. The summed E-state index contributed by atoms with van der Waals surface area (Å²) in [7, 11) is 0. The summed E-state index contributed by atoms with van der Waals surface area (Å²) in [6, 6.07) is 7.96. The molecule has 0 radical (unpaired) electrons. The molecule has 0 saturated heterocycles. The van der Waals surface area contributed by atoms with Gasteiger partial charge >= 0.3 is 0 Å². The average molecular weight is 462 g/mol. The van der Waals surface area contributed by atoms with Crippen molar-refractivity contribution in [3.05, 3.63) is 57.2 Å². The number of anilines is 2. The molecule has 0 aliphatic rings. The van der Waals surface area contributed by atoms with E-state index in [4.69, 9.17) is 4.84 Å². The van der Waals surface area contributed by atoms with Crippen LogP contribution in [-0.4, -0.2) is 23.7 Å². The molecule has 0 bridgehead atoms. The first-order valence-electron chi connectivity index (χ1n) is 7.52. The zero-order valence-electron chi connectivity index (χ0n) is 13.4. The van der Waals surface area contributed by atoms with Crippen molar-refractivity contribution >= 4 is 39.9 Å². The fourth-order valence-corrected chi connectivity index (χ4v) is 2.38. The molecule has 1 atom stereocenters. The number of hydrogen-bond acceptors (Lipinski definition) is 4. The lowest BCUT2D eigenvalue weighted by Crippen LogP contribution is -2.28. The van der Waals surface area contributed by atoms with Crippen LogP contribution in [0.5, 0.6) is 0 Å². The van der Waals surface area contributed by atoms with Gasteiger partial charge in [-0.15, -0.1) is 0 Å². The summed E-state index contributed by atoms with van der Waals surface area (Å²) in [5.41, 5.74) is 2.46. The van der Waals surface area contributed by atoms with Crippen molar-refractivity contribution in [2.24, 2.45) is 0 Å². The van der Waals surface area contributed by atoms with Crippen LogP contribution >= 0.6 is 22.6 Å². The van der Waals surface area contributed by atoms with Gasteiger partial charge in [0.15, 0.2) is 0 Å². The second kappa shape index (κ2) is 9.07. The third-order valence-electron chi connectivity index (χ3n) is 3.34. The Morgan fingerprint density at radius 2 is 2.00 bits per heavy atom. The third-order valence-corrected chi connectivity index (χ3v) is 4.01. The Kier molecular flexibility index (Phi) is 7.09. The summed E-state index contributed by atoms with van der Waals surface area (Å²) in [6.07, 6.45) is -0.224. The fourth-order valence-electron chi connectivity index (χ4n) is 1.93. The number of aliphatic hydroxyl groups excluding tert-OH is 1. The van der Waals surface area contributed by atoms with Gasteiger partial charge in [-0.05, 0) is 65.4 Å². The first-order chi connectivity index (χ1) is 11.9.